The number of amides is 1. The van der Waals surface area contributed by atoms with Crippen molar-refractivity contribution < 1.29 is 9.53 Å². The van der Waals surface area contributed by atoms with Gasteiger partial charge in [-0.05, 0) is 68.4 Å². The lowest BCUT2D eigenvalue weighted by Crippen LogP contribution is -2.21. The van der Waals surface area contributed by atoms with Crippen molar-refractivity contribution in [3.8, 4) is 11.5 Å². The summed E-state index contributed by atoms with van der Waals surface area (Å²) in [5.74, 6) is 1.10. The normalized spacial score (nSPS) is 10.3. The van der Waals surface area contributed by atoms with Crippen LogP contribution in [0.15, 0.2) is 73.1 Å². The molecule has 2 aromatic carbocycles. The molecule has 0 fully saturated rings. The Balaban J connectivity index is 1.68. The number of nitrogens with one attached hydrogen (secondary N) is 1. The Bertz CT molecular complexity index is 876. The molecule has 5 heteroatoms. The van der Waals surface area contributed by atoms with Crippen molar-refractivity contribution in [3.63, 3.8) is 0 Å². The molecule has 138 valence electrons. The van der Waals surface area contributed by atoms with Crippen LogP contribution in [-0.4, -0.2) is 24.0 Å². The Morgan fingerprint density at radius 3 is 2.33 bits per heavy atom. The van der Waals surface area contributed by atoms with Gasteiger partial charge in [-0.3, -0.25) is 9.78 Å². The third kappa shape index (κ3) is 4.85. The van der Waals surface area contributed by atoms with Crippen LogP contribution >= 0.6 is 0 Å². The summed E-state index contributed by atoms with van der Waals surface area (Å²) in [4.78, 5) is 18.8. The maximum Gasteiger partial charge on any atom is 0.255 e. The Labute approximate surface area is 159 Å². The fraction of sp³-hybridized carbons (Fsp3) is 0.182. The number of rotatable bonds is 7. The minimum atomic E-state index is -0.175. The minimum Gasteiger partial charge on any atom is -0.457 e. The molecule has 5 nitrogen and oxygen atoms in total. The summed E-state index contributed by atoms with van der Waals surface area (Å²) in [7, 11) is 0. The van der Waals surface area contributed by atoms with Gasteiger partial charge >= 0.3 is 0 Å². The van der Waals surface area contributed by atoms with Gasteiger partial charge < -0.3 is 15.0 Å². The summed E-state index contributed by atoms with van der Waals surface area (Å²) in [6, 6.07) is 18.5. The highest BCUT2D eigenvalue weighted by molar-refractivity contribution is 6.04. The number of hydrogen-bond acceptors (Lipinski definition) is 4. The van der Waals surface area contributed by atoms with Gasteiger partial charge in [0.1, 0.15) is 11.5 Å². The molecule has 0 aliphatic heterocycles. The van der Waals surface area contributed by atoms with E-state index in [1.807, 2.05) is 30.3 Å². The number of hydrogen-bond donors (Lipinski definition) is 1. The monoisotopic (exact) mass is 361 g/mol. The lowest BCUT2D eigenvalue weighted by Gasteiger charge is -2.21. The number of aromatic nitrogens is 1. The minimum absolute atomic E-state index is 0.175. The van der Waals surface area contributed by atoms with Crippen molar-refractivity contribution in [3.05, 3.63) is 78.6 Å². The zero-order valence-electron chi connectivity index (χ0n) is 15.6. The fourth-order valence-corrected chi connectivity index (χ4v) is 2.79. The molecule has 0 spiro atoms. The summed E-state index contributed by atoms with van der Waals surface area (Å²) in [5, 5.41) is 2.93. The number of benzene rings is 2. The maximum absolute atomic E-state index is 12.6. The number of pyridine rings is 1. The third-order valence-electron chi connectivity index (χ3n) is 4.24. The highest BCUT2D eigenvalue weighted by Crippen LogP contribution is 2.22. The second kappa shape index (κ2) is 8.85. The van der Waals surface area contributed by atoms with E-state index in [2.05, 4.69) is 29.0 Å². The van der Waals surface area contributed by atoms with Gasteiger partial charge in [-0.25, -0.2) is 0 Å². The van der Waals surface area contributed by atoms with Crippen molar-refractivity contribution >= 4 is 17.3 Å². The molecular weight excluding hydrogens is 338 g/mol. The molecule has 0 radical (unpaired) electrons. The summed E-state index contributed by atoms with van der Waals surface area (Å²) in [6.45, 7) is 6.15. The molecule has 27 heavy (non-hydrogen) atoms. The Morgan fingerprint density at radius 1 is 0.963 bits per heavy atom. The zero-order valence-corrected chi connectivity index (χ0v) is 15.6. The third-order valence-corrected chi connectivity index (χ3v) is 4.24. The molecular formula is C22H23N3O2. The van der Waals surface area contributed by atoms with E-state index >= 15 is 0 Å². The summed E-state index contributed by atoms with van der Waals surface area (Å²) in [5.41, 5.74) is 2.44. The van der Waals surface area contributed by atoms with E-state index < -0.39 is 0 Å². The molecule has 3 aromatic rings. The quantitative estimate of drug-likeness (QED) is 0.645. The van der Waals surface area contributed by atoms with E-state index in [9.17, 15) is 4.79 Å². The Hall–Kier alpha value is -3.34. The van der Waals surface area contributed by atoms with Crippen molar-refractivity contribution in [1.82, 2.24) is 4.98 Å². The molecule has 0 saturated heterocycles. The first-order valence-electron chi connectivity index (χ1n) is 9.04. The molecule has 1 aromatic heterocycles. The number of ether oxygens (including phenoxy) is 1. The van der Waals surface area contributed by atoms with Crippen LogP contribution in [0.1, 0.15) is 24.2 Å². The van der Waals surface area contributed by atoms with E-state index in [1.54, 1.807) is 42.7 Å². The molecule has 0 atom stereocenters. The lowest BCUT2D eigenvalue weighted by molar-refractivity contribution is 0.102. The standard InChI is InChI=1S/C22H23N3O2/c1-3-25(4-2)19-10-8-18(9-11-19)24-22(26)17-6-5-7-21(16-17)27-20-12-14-23-15-13-20/h5-16H,3-4H2,1-2H3,(H,24,26). The van der Waals surface area contributed by atoms with Gasteiger partial charge in [-0.15, -0.1) is 0 Å². The van der Waals surface area contributed by atoms with E-state index in [0.717, 1.165) is 24.5 Å². The van der Waals surface area contributed by atoms with E-state index in [0.29, 0.717) is 17.1 Å². The van der Waals surface area contributed by atoms with Crippen LogP contribution in [0.25, 0.3) is 0 Å². The van der Waals surface area contributed by atoms with E-state index in [1.165, 1.54) is 0 Å². The predicted octanol–water partition coefficient (Wildman–Crippen LogP) is 4.97. The van der Waals surface area contributed by atoms with Gasteiger partial charge in [0.2, 0.25) is 0 Å². The SMILES string of the molecule is CCN(CC)c1ccc(NC(=O)c2cccc(Oc3ccncc3)c2)cc1. The molecule has 1 N–H and O–H groups in total. The van der Waals surface area contributed by atoms with Gasteiger partial charge in [0.15, 0.2) is 0 Å². The number of carbonyl (C=O) groups is 1. The van der Waals surface area contributed by atoms with Gasteiger partial charge in [-0.2, -0.15) is 0 Å². The average molecular weight is 361 g/mol. The summed E-state index contributed by atoms with van der Waals surface area (Å²) in [6.07, 6.45) is 3.32. The van der Waals surface area contributed by atoms with Crippen LogP contribution in [0.2, 0.25) is 0 Å². The highest BCUT2D eigenvalue weighted by atomic mass is 16.5. The van der Waals surface area contributed by atoms with Crippen molar-refractivity contribution in [2.75, 3.05) is 23.3 Å². The molecule has 0 bridgehead atoms. The number of anilines is 2. The molecule has 1 amide bonds. The van der Waals surface area contributed by atoms with Crippen molar-refractivity contribution in [2.45, 2.75) is 13.8 Å². The molecule has 1 heterocycles. The van der Waals surface area contributed by atoms with Gasteiger partial charge in [0, 0.05) is 42.4 Å². The van der Waals surface area contributed by atoms with Crippen LogP contribution < -0.4 is 15.0 Å². The van der Waals surface area contributed by atoms with E-state index in [-0.39, 0.29) is 5.91 Å². The molecule has 3 rings (SSSR count). The van der Waals surface area contributed by atoms with Gasteiger partial charge in [-0.1, -0.05) is 6.07 Å². The molecule has 0 unspecified atom stereocenters. The highest BCUT2D eigenvalue weighted by Gasteiger charge is 2.09. The molecule has 0 aliphatic carbocycles. The van der Waals surface area contributed by atoms with Crippen molar-refractivity contribution in [2.24, 2.45) is 0 Å². The second-order valence-electron chi connectivity index (χ2n) is 5.99. The fourth-order valence-electron chi connectivity index (χ4n) is 2.79. The summed E-state index contributed by atoms with van der Waals surface area (Å²) >= 11 is 0. The van der Waals surface area contributed by atoms with Crippen LogP contribution in [0, 0.1) is 0 Å². The Morgan fingerprint density at radius 2 is 1.67 bits per heavy atom. The van der Waals surface area contributed by atoms with Crippen molar-refractivity contribution in [1.29, 1.82) is 0 Å². The first-order chi connectivity index (χ1) is 13.2. The number of nitrogens with zero attached hydrogens (tertiary/aromatic N) is 2. The lowest BCUT2D eigenvalue weighted by atomic mass is 10.2. The van der Waals surface area contributed by atoms with Crippen LogP contribution in [0.5, 0.6) is 11.5 Å². The van der Waals surface area contributed by atoms with Crippen LogP contribution in [0.4, 0.5) is 11.4 Å². The molecule has 0 aliphatic rings. The molecule has 0 saturated carbocycles. The van der Waals surface area contributed by atoms with Crippen LogP contribution in [0.3, 0.4) is 0 Å². The average Bonchev–Trinajstić information content (AvgIpc) is 2.71. The topological polar surface area (TPSA) is 54.5 Å². The zero-order chi connectivity index (χ0) is 19.1. The maximum atomic E-state index is 12.6. The Kier molecular flexibility index (Phi) is 6.05. The smallest absolute Gasteiger partial charge is 0.255 e. The van der Waals surface area contributed by atoms with E-state index in [4.69, 9.17) is 4.74 Å². The largest absolute Gasteiger partial charge is 0.457 e. The number of carbonyl (C=O) groups excluding carboxylic acids is 1. The van der Waals surface area contributed by atoms with Gasteiger partial charge in [0.25, 0.3) is 5.91 Å². The van der Waals surface area contributed by atoms with Crippen LogP contribution in [-0.2, 0) is 0 Å². The van der Waals surface area contributed by atoms with Gasteiger partial charge in [0.05, 0.1) is 0 Å². The summed E-state index contributed by atoms with van der Waals surface area (Å²) < 4.78 is 5.76. The second-order valence-corrected chi connectivity index (χ2v) is 5.99. The first kappa shape index (κ1) is 18.5. The predicted molar refractivity (Wildman–Crippen MR) is 109 cm³/mol. The first-order valence-corrected chi connectivity index (χ1v) is 9.04.